The molecule has 0 unspecified atom stereocenters. The number of carbonyl (C=O) groups is 1. The number of benzene rings is 2. The minimum absolute atomic E-state index is 0.0302. The molecule has 0 aromatic heterocycles. The van der Waals surface area contributed by atoms with Crippen molar-refractivity contribution in [2.24, 2.45) is 0 Å². The van der Waals surface area contributed by atoms with Crippen LogP contribution in [-0.4, -0.2) is 5.91 Å². The van der Waals surface area contributed by atoms with Gasteiger partial charge in [-0.2, -0.15) is 0 Å². The number of hydrogen-bond donors (Lipinski definition) is 2. The molecule has 0 saturated carbocycles. The Bertz CT molecular complexity index is 643. The van der Waals surface area contributed by atoms with Gasteiger partial charge in [0.15, 0.2) is 0 Å². The van der Waals surface area contributed by atoms with E-state index in [4.69, 9.17) is 17.3 Å². The maximum Gasteiger partial charge on any atom is 0.257 e. The highest BCUT2D eigenvalue weighted by Crippen LogP contribution is 2.23. The van der Waals surface area contributed by atoms with Gasteiger partial charge in [-0.05, 0) is 36.8 Å². The van der Waals surface area contributed by atoms with Gasteiger partial charge in [-0.3, -0.25) is 4.79 Å². The van der Waals surface area contributed by atoms with E-state index in [2.05, 4.69) is 5.32 Å². The molecule has 3 nitrogen and oxygen atoms in total. The lowest BCUT2D eigenvalue weighted by Gasteiger charge is -2.09. The molecule has 19 heavy (non-hydrogen) atoms. The Kier molecular flexibility index (Phi) is 3.71. The molecule has 2 aromatic rings. The van der Waals surface area contributed by atoms with Gasteiger partial charge in [0, 0.05) is 5.69 Å². The van der Waals surface area contributed by atoms with E-state index in [0.717, 1.165) is 5.56 Å². The lowest BCUT2D eigenvalue weighted by Crippen LogP contribution is -2.14. The summed E-state index contributed by atoms with van der Waals surface area (Å²) < 4.78 is 13.5. The molecule has 0 saturated heterocycles. The largest absolute Gasteiger partial charge is 0.399 e. The number of carbonyl (C=O) groups excluding carboxylic acids is 1. The van der Waals surface area contributed by atoms with Gasteiger partial charge in [-0.25, -0.2) is 4.39 Å². The summed E-state index contributed by atoms with van der Waals surface area (Å²) in [5, 5.41) is 2.81. The lowest BCUT2D eigenvalue weighted by atomic mass is 10.1. The van der Waals surface area contributed by atoms with Gasteiger partial charge in [0.2, 0.25) is 0 Å². The first-order chi connectivity index (χ1) is 8.99. The van der Waals surface area contributed by atoms with Crippen LogP contribution in [0.5, 0.6) is 0 Å². The third-order valence-corrected chi connectivity index (χ3v) is 3.18. The first-order valence-corrected chi connectivity index (χ1v) is 5.98. The fourth-order valence-corrected chi connectivity index (χ4v) is 1.86. The molecule has 2 rings (SSSR count). The molecular formula is C14H12ClFN2O. The number of aryl methyl sites for hydroxylation is 1. The van der Waals surface area contributed by atoms with Crippen molar-refractivity contribution in [1.82, 2.24) is 0 Å². The third kappa shape index (κ3) is 2.85. The van der Waals surface area contributed by atoms with Crippen molar-refractivity contribution in [1.29, 1.82) is 0 Å². The smallest absolute Gasteiger partial charge is 0.257 e. The van der Waals surface area contributed by atoms with Crippen molar-refractivity contribution in [3.63, 3.8) is 0 Å². The van der Waals surface area contributed by atoms with E-state index in [1.807, 2.05) is 0 Å². The Morgan fingerprint density at radius 1 is 1.32 bits per heavy atom. The van der Waals surface area contributed by atoms with E-state index in [1.54, 1.807) is 25.1 Å². The highest BCUT2D eigenvalue weighted by Gasteiger charge is 2.13. The van der Waals surface area contributed by atoms with Crippen LogP contribution in [0.25, 0.3) is 0 Å². The number of rotatable bonds is 2. The van der Waals surface area contributed by atoms with E-state index < -0.39 is 11.7 Å². The highest BCUT2D eigenvalue weighted by molar-refractivity contribution is 6.35. The van der Waals surface area contributed by atoms with Crippen molar-refractivity contribution in [2.45, 2.75) is 6.92 Å². The zero-order valence-electron chi connectivity index (χ0n) is 10.2. The van der Waals surface area contributed by atoms with E-state index in [1.165, 1.54) is 18.2 Å². The van der Waals surface area contributed by atoms with Crippen molar-refractivity contribution in [3.05, 3.63) is 58.4 Å². The second-order valence-corrected chi connectivity index (χ2v) is 4.51. The van der Waals surface area contributed by atoms with Crippen LogP contribution >= 0.6 is 11.6 Å². The summed E-state index contributed by atoms with van der Waals surface area (Å²) in [6, 6.07) is 9.06. The van der Waals surface area contributed by atoms with E-state index in [-0.39, 0.29) is 5.69 Å². The second-order valence-electron chi connectivity index (χ2n) is 4.13. The molecule has 0 spiro atoms. The summed E-state index contributed by atoms with van der Waals surface area (Å²) in [5.41, 5.74) is 7.02. The van der Waals surface area contributed by atoms with Gasteiger partial charge in [-0.1, -0.05) is 23.7 Å². The predicted octanol–water partition coefficient (Wildman–Crippen LogP) is 3.62. The van der Waals surface area contributed by atoms with E-state index in [9.17, 15) is 9.18 Å². The molecule has 3 N–H and O–H groups in total. The van der Waals surface area contributed by atoms with Crippen LogP contribution in [0, 0.1) is 12.7 Å². The molecule has 5 heteroatoms. The van der Waals surface area contributed by atoms with Crippen LogP contribution in [-0.2, 0) is 0 Å². The summed E-state index contributed by atoms with van der Waals surface area (Å²) in [4.78, 5) is 12.0. The number of nitrogens with one attached hydrogen (secondary N) is 1. The third-order valence-electron chi connectivity index (χ3n) is 2.68. The first kappa shape index (κ1) is 13.4. The Hall–Kier alpha value is -2.07. The van der Waals surface area contributed by atoms with Gasteiger partial charge in [0.1, 0.15) is 5.82 Å². The summed E-state index contributed by atoms with van der Waals surface area (Å²) >= 11 is 6.05. The van der Waals surface area contributed by atoms with Crippen LogP contribution in [0.1, 0.15) is 15.9 Å². The fourth-order valence-electron chi connectivity index (χ4n) is 1.65. The molecule has 0 radical (unpaired) electrons. The van der Waals surface area contributed by atoms with Crippen molar-refractivity contribution in [2.75, 3.05) is 11.1 Å². The molecule has 0 bridgehead atoms. The molecule has 0 atom stereocenters. The molecule has 1 amide bonds. The topological polar surface area (TPSA) is 55.1 Å². The zero-order chi connectivity index (χ0) is 14.0. The van der Waals surface area contributed by atoms with Gasteiger partial charge in [0.25, 0.3) is 5.91 Å². The summed E-state index contributed by atoms with van der Waals surface area (Å²) in [7, 11) is 0. The Balaban J connectivity index is 2.31. The average Bonchev–Trinajstić information content (AvgIpc) is 2.37. The molecule has 0 aliphatic rings. The van der Waals surface area contributed by atoms with Crippen LogP contribution in [0.3, 0.4) is 0 Å². The fraction of sp³-hybridized carbons (Fsp3) is 0.0714. The Morgan fingerprint density at radius 2 is 2.05 bits per heavy atom. The van der Waals surface area contributed by atoms with Gasteiger partial charge in [-0.15, -0.1) is 0 Å². The molecule has 2 aromatic carbocycles. The number of hydrogen-bond acceptors (Lipinski definition) is 2. The number of nitrogen functional groups attached to an aromatic ring is 1. The summed E-state index contributed by atoms with van der Waals surface area (Å²) in [5.74, 6) is -1.02. The lowest BCUT2D eigenvalue weighted by molar-refractivity contribution is 0.102. The zero-order valence-corrected chi connectivity index (χ0v) is 11.0. The number of anilines is 2. The normalized spacial score (nSPS) is 10.3. The van der Waals surface area contributed by atoms with Gasteiger partial charge >= 0.3 is 0 Å². The SMILES string of the molecule is Cc1cccc(C(=O)Nc2cc(N)ccc2F)c1Cl. The van der Waals surface area contributed by atoms with Crippen LogP contribution < -0.4 is 11.1 Å². The number of halogens is 2. The minimum Gasteiger partial charge on any atom is -0.399 e. The maximum absolute atomic E-state index is 13.5. The molecule has 0 fully saturated rings. The quantitative estimate of drug-likeness (QED) is 0.824. The van der Waals surface area contributed by atoms with E-state index in [0.29, 0.717) is 16.3 Å². The van der Waals surface area contributed by atoms with Crippen molar-refractivity contribution in [3.8, 4) is 0 Å². The number of amides is 1. The number of nitrogens with two attached hydrogens (primary N) is 1. The summed E-state index contributed by atoms with van der Waals surface area (Å²) in [6.45, 7) is 1.79. The average molecular weight is 279 g/mol. The maximum atomic E-state index is 13.5. The second kappa shape index (κ2) is 5.28. The Labute approximate surface area is 115 Å². The molecular weight excluding hydrogens is 267 g/mol. The van der Waals surface area contributed by atoms with Crippen molar-refractivity contribution >= 4 is 28.9 Å². The van der Waals surface area contributed by atoms with Gasteiger partial charge in [0.05, 0.1) is 16.3 Å². The van der Waals surface area contributed by atoms with Gasteiger partial charge < -0.3 is 11.1 Å². The monoisotopic (exact) mass is 278 g/mol. The Morgan fingerprint density at radius 3 is 2.79 bits per heavy atom. The summed E-state index contributed by atoms with van der Waals surface area (Å²) in [6.07, 6.45) is 0. The first-order valence-electron chi connectivity index (χ1n) is 5.60. The van der Waals surface area contributed by atoms with E-state index >= 15 is 0 Å². The van der Waals surface area contributed by atoms with Crippen molar-refractivity contribution < 1.29 is 9.18 Å². The molecule has 98 valence electrons. The molecule has 0 aliphatic heterocycles. The van der Waals surface area contributed by atoms with Crippen LogP contribution in [0.15, 0.2) is 36.4 Å². The van der Waals surface area contributed by atoms with Crippen LogP contribution in [0.2, 0.25) is 5.02 Å². The molecule has 0 aliphatic carbocycles. The van der Waals surface area contributed by atoms with Crippen LogP contribution in [0.4, 0.5) is 15.8 Å². The minimum atomic E-state index is -0.550. The standard InChI is InChI=1S/C14H12ClFN2O/c1-8-3-2-4-10(13(8)15)14(19)18-12-7-9(17)5-6-11(12)16/h2-7H,17H2,1H3,(H,18,19). The highest BCUT2D eigenvalue weighted by atomic mass is 35.5. The molecule has 0 heterocycles. The predicted molar refractivity (Wildman–Crippen MR) is 75.0 cm³/mol.